The molecule has 3 rings (SSSR count). The van der Waals surface area contributed by atoms with Gasteiger partial charge in [-0.2, -0.15) is 4.31 Å². The molecule has 2 aromatic carbocycles. The summed E-state index contributed by atoms with van der Waals surface area (Å²) in [5.74, 6) is 1.24. The summed E-state index contributed by atoms with van der Waals surface area (Å²) in [5.41, 5.74) is 1.83. The molecule has 1 aliphatic rings. The van der Waals surface area contributed by atoms with Crippen LogP contribution in [0.3, 0.4) is 0 Å². The Morgan fingerprint density at radius 3 is 2.47 bits per heavy atom. The number of ether oxygens (including phenoxy) is 3. The number of hydrogen-bond acceptors (Lipinski definition) is 6. The molecule has 1 unspecified atom stereocenters. The van der Waals surface area contributed by atoms with E-state index in [2.05, 4.69) is 5.32 Å². The average Bonchev–Trinajstić information content (AvgIpc) is 2.86. The summed E-state index contributed by atoms with van der Waals surface area (Å²) in [6.45, 7) is 6.13. The van der Waals surface area contributed by atoms with Crippen LogP contribution >= 0.6 is 0 Å². The van der Waals surface area contributed by atoms with E-state index in [1.54, 1.807) is 31.4 Å². The summed E-state index contributed by atoms with van der Waals surface area (Å²) in [7, 11) is -1.92. The van der Waals surface area contributed by atoms with Gasteiger partial charge >= 0.3 is 0 Å². The van der Waals surface area contributed by atoms with Gasteiger partial charge in [-0.3, -0.25) is 4.79 Å². The van der Waals surface area contributed by atoms with Gasteiger partial charge in [-0.05, 0) is 55.2 Å². The predicted octanol–water partition coefficient (Wildman–Crippen LogP) is 3.31. The van der Waals surface area contributed by atoms with Crippen molar-refractivity contribution in [2.24, 2.45) is 0 Å². The van der Waals surface area contributed by atoms with Gasteiger partial charge in [0.15, 0.2) is 11.5 Å². The molecule has 1 saturated heterocycles. The Morgan fingerprint density at radius 1 is 1.12 bits per heavy atom. The van der Waals surface area contributed by atoms with Gasteiger partial charge in [0.2, 0.25) is 15.9 Å². The number of benzene rings is 2. The lowest BCUT2D eigenvalue weighted by atomic mass is 10.1. The molecule has 34 heavy (non-hydrogen) atoms. The lowest BCUT2D eigenvalue weighted by Gasteiger charge is -2.26. The minimum atomic E-state index is -3.52. The lowest BCUT2D eigenvalue weighted by molar-refractivity contribution is -0.121. The molecule has 1 amide bonds. The smallest absolute Gasteiger partial charge is 0.243 e. The first-order valence-corrected chi connectivity index (χ1v) is 13.1. The largest absolute Gasteiger partial charge is 0.493 e. The number of nitrogens with one attached hydrogen (secondary N) is 1. The SMILES string of the molecule is CCCOc1ccc(C(C)NC(=O)CCc2ccc(S(=O)(=O)N3CCOCC3)cc2)cc1OC. The van der Waals surface area contributed by atoms with Crippen molar-refractivity contribution in [3.05, 3.63) is 53.6 Å². The first-order valence-electron chi connectivity index (χ1n) is 11.6. The van der Waals surface area contributed by atoms with Crippen molar-refractivity contribution in [1.82, 2.24) is 9.62 Å². The normalized spacial score (nSPS) is 15.5. The second kappa shape index (κ2) is 12.2. The van der Waals surface area contributed by atoms with Crippen LogP contribution in [0.5, 0.6) is 11.5 Å². The average molecular weight is 491 g/mol. The molecule has 0 saturated carbocycles. The van der Waals surface area contributed by atoms with Crippen LogP contribution in [0.1, 0.15) is 43.9 Å². The van der Waals surface area contributed by atoms with Crippen molar-refractivity contribution in [3.63, 3.8) is 0 Å². The fourth-order valence-corrected chi connectivity index (χ4v) is 5.11. The number of carbonyl (C=O) groups is 1. The van der Waals surface area contributed by atoms with Crippen molar-refractivity contribution in [3.8, 4) is 11.5 Å². The highest BCUT2D eigenvalue weighted by Gasteiger charge is 2.26. The Bertz CT molecular complexity index is 1050. The number of carbonyl (C=O) groups excluding carboxylic acids is 1. The number of rotatable bonds is 11. The molecule has 0 spiro atoms. The van der Waals surface area contributed by atoms with Gasteiger partial charge in [-0.15, -0.1) is 0 Å². The highest BCUT2D eigenvalue weighted by Crippen LogP contribution is 2.30. The van der Waals surface area contributed by atoms with Crippen molar-refractivity contribution in [2.45, 2.75) is 44.0 Å². The lowest BCUT2D eigenvalue weighted by Crippen LogP contribution is -2.40. The topological polar surface area (TPSA) is 94.2 Å². The number of methoxy groups -OCH3 is 1. The van der Waals surface area contributed by atoms with Gasteiger partial charge in [0, 0.05) is 19.5 Å². The highest BCUT2D eigenvalue weighted by molar-refractivity contribution is 7.89. The summed E-state index contributed by atoms with van der Waals surface area (Å²) in [4.78, 5) is 12.8. The molecule has 1 atom stereocenters. The van der Waals surface area contributed by atoms with Crippen LogP contribution in [-0.2, 0) is 26.0 Å². The van der Waals surface area contributed by atoms with Crippen LogP contribution in [0.4, 0.5) is 0 Å². The van der Waals surface area contributed by atoms with Crippen LogP contribution in [0.15, 0.2) is 47.4 Å². The van der Waals surface area contributed by atoms with Crippen molar-refractivity contribution < 1.29 is 27.4 Å². The van der Waals surface area contributed by atoms with Crippen LogP contribution < -0.4 is 14.8 Å². The molecule has 2 aromatic rings. The molecule has 0 bridgehead atoms. The predicted molar refractivity (Wildman–Crippen MR) is 130 cm³/mol. The van der Waals surface area contributed by atoms with E-state index in [9.17, 15) is 13.2 Å². The van der Waals surface area contributed by atoms with E-state index in [0.29, 0.717) is 57.3 Å². The van der Waals surface area contributed by atoms with E-state index in [-0.39, 0.29) is 16.8 Å². The number of sulfonamides is 1. The third-order valence-corrected chi connectivity index (χ3v) is 7.61. The first kappa shape index (κ1) is 26.0. The zero-order chi connectivity index (χ0) is 24.6. The summed E-state index contributed by atoms with van der Waals surface area (Å²) >= 11 is 0. The molecule has 1 aliphatic heterocycles. The minimum absolute atomic E-state index is 0.0807. The van der Waals surface area contributed by atoms with Gasteiger partial charge < -0.3 is 19.5 Å². The maximum atomic E-state index is 12.7. The van der Waals surface area contributed by atoms with E-state index in [4.69, 9.17) is 14.2 Å². The Kier molecular flexibility index (Phi) is 9.32. The third-order valence-electron chi connectivity index (χ3n) is 5.70. The summed E-state index contributed by atoms with van der Waals surface area (Å²) in [6.07, 6.45) is 1.72. The third kappa shape index (κ3) is 6.71. The summed E-state index contributed by atoms with van der Waals surface area (Å²) < 4.78 is 43.2. The van der Waals surface area contributed by atoms with Gasteiger partial charge in [0.25, 0.3) is 0 Å². The first-order chi connectivity index (χ1) is 16.3. The molecule has 8 nitrogen and oxygen atoms in total. The molecular weight excluding hydrogens is 456 g/mol. The second-order valence-electron chi connectivity index (χ2n) is 8.21. The van der Waals surface area contributed by atoms with E-state index in [1.165, 1.54) is 4.31 Å². The van der Waals surface area contributed by atoms with Crippen molar-refractivity contribution in [2.75, 3.05) is 40.0 Å². The Balaban J connectivity index is 1.53. The molecule has 1 fully saturated rings. The molecule has 186 valence electrons. The van der Waals surface area contributed by atoms with E-state index in [1.807, 2.05) is 32.0 Å². The van der Waals surface area contributed by atoms with Crippen LogP contribution in [0.25, 0.3) is 0 Å². The Labute approximate surface area is 202 Å². The van der Waals surface area contributed by atoms with Gasteiger partial charge in [0.1, 0.15) is 0 Å². The van der Waals surface area contributed by atoms with E-state index < -0.39 is 10.0 Å². The van der Waals surface area contributed by atoms with Gasteiger partial charge in [0.05, 0.1) is 37.9 Å². The highest BCUT2D eigenvalue weighted by atomic mass is 32.2. The van der Waals surface area contributed by atoms with Crippen LogP contribution in [-0.4, -0.2) is 58.7 Å². The zero-order valence-electron chi connectivity index (χ0n) is 20.1. The summed E-state index contributed by atoms with van der Waals surface area (Å²) in [5, 5.41) is 3.01. The standard InChI is InChI=1S/C25H34N2O6S/c1-4-15-33-23-11-8-21(18-24(23)31-3)19(2)26-25(28)12-7-20-5-9-22(10-6-20)34(29,30)27-13-16-32-17-14-27/h5-6,8-11,18-19H,4,7,12-17H2,1-3H3,(H,26,28). The van der Waals surface area contributed by atoms with Crippen molar-refractivity contribution >= 4 is 15.9 Å². The molecule has 0 radical (unpaired) electrons. The number of amides is 1. The molecule has 1 N–H and O–H groups in total. The second-order valence-corrected chi connectivity index (χ2v) is 10.1. The number of nitrogens with zero attached hydrogens (tertiary/aromatic N) is 1. The number of aryl methyl sites for hydroxylation is 1. The van der Waals surface area contributed by atoms with E-state index >= 15 is 0 Å². The van der Waals surface area contributed by atoms with Gasteiger partial charge in [-0.25, -0.2) is 8.42 Å². The quantitative estimate of drug-likeness (QED) is 0.519. The number of morpholine rings is 1. The van der Waals surface area contributed by atoms with E-state index in [0.717, 1.165) is 17.5 Å². The van der Waals surface area contributed by atoms with Crippen LogP contribution in [0.2, 0.25) is 0 Å². The fourth-order valence-electron chi connectivity index (χ4n) is 3.70. The van der Waals surface area contributed by atoms with Crippen molar-refractivity contribution in [1.29, 1.82) is 0 Å². The molecular formula is C25H34N2O6S. The maximum absolute atomic E-state index is 12.7. The zero-order valence-corrected chi connectivity index (χ0v) is 20.9. The molecule has 9 heteroatoms. The molecule has 0 aromatic heterocycles. The minimum Gasteiger partial charge on any atom is -0.493 e. The van der Waals surface area contributed by atoms with Crippen LogP contribution in [0, 0.1) is 0 Å². The molecule has 0 aliphatic carbocycles. The molecule has 1 heterocycles. The summed E-state index contributed by atoms with van der Waals surface area (Å²) in [6, 6.07) is 12.2. The Hall–Kier alpha value is -2.62. The fraction of sp³-hybridized carbons (Fsp3) is 0.480. The number of hydrogen-bond donors (Lipinski definition) is 1. The van der Waals surface area contributed by atoms with Gasteiger partial charge in [-0.1, -0.05) is 25.1 Å². The maximum Gasteiger partial charge on any atom is 0.243 e. The monoisotopic (exact) mass is 490 g/mol. The Morgan fingerprint density at radius 2 is 1.82 bits per heavy atom.